The first kappa shape index (κ1) is 27.4. The van der Waals surface area contributed by atoms with E-state index in [9.17, 15) is 18.8 Å². The summed E-state index contributed by atoms with van der Waals surface area (Å²) in [5.74, 6) is -1.86. The fraction of sp³-hybridized carbons (Fsp3) is 0.276. The highest BCUT2D eigenvalue weighted by atomic mass is 19.1. The minimum absolute atomic E-state index is 0.0258. The van der Waals surface area contributed by atoms with Crippen molar-refractivity contribution in [3.63, 3.8) is 0 Å². The summed E-state index contributed by atoms with van der Waals surface area (Å²) in [7, 11) is 0. The molecule has 0 spiro atoms. The summed E-state index contributed by atoms with van der Waals surface area (Å²) in [5.41, 5.74) is 2.23. The molecule has 0 bridgehead atoms. The average molecular weight is 507 g/mol. The van der Waals surface area contributed by atoms with E-state index in [1.807, 2.05) is 60.7 Å². The molecule has 3 rings (SSSR count). The van der Waals surface area contributed by atoms with Crippen LogP contribution in [0.4, 0.5) is 9.18 Å². The molecule has 3 aromatic rings. The second-order valence-electron chi connectivity index (χ2n) is 8.91. The predicted octanol–water partition coefficient (Wildman–Crippen LogP) is 4.55. The van der Waals surface area contributed by atoms with Gasteiger partial charge >= 0.3 is 12.1 Å². The summed E-state index contributed by atoms with van der Waals surface area (Å²) < 4.78 is 24.1. The van der Waals surface area contributed by atoms with E-state index in [2.05, 4.69) is 10.6 Å². The first-order valence-corrected chi connectivity index (χ1v) is 12.0. The summed E-state index contributed by atoms with van der Waals surface area (Å²) in [4.78, 5) is 38.6. The van der Waals surface area contributed by atoms with E-state index in [0.29, 0.717) is 5.56 Å². The van der Waals surface area contributed by atoms with Gasteiger partial charge in [0, 0.05) is 6.42 Å². The number of amides is 2. The summed E-state index contributed by atoms with van der Waals surface area (Å²) in [6.07, 6.45) is -0.727. The molecule has 7 nitrogen and oxygen atoms in total. The van der Waals surface area contributed by atoms with E-state index in [1.54, 1.807) is 13.8 Å². The molecule has 0 aliphatic heterocycles. The average Bonchev–Trinajstić information content (AvgIpc) is 2.91. The zero-order chi connectivity index (χ0) is 26.6. The van der Waals surface area contributed by atoms with Crippen molar-refractivity contribution in [3.05, 3.63) is 107 Å². The molecule has 2 unspecified atom stereocenters. The van der Waals surface area contributed by atoms with Crippen LogP contribution in [0.1, 0.15) is 30.5 Å². The van der Waals surface area contributed by atoms with Crippen LogP contribution < -0.4 is 10.6 Å². The molecule has 0 fully saturated rings. The number of nitrogens with one attached hydrogen (secondary N) is 2. The second-order valence-corrected chi connectivity index (χ2v) is 8.91. The first-order chi connectivity index (χ1) is 17.8. The highest BCUT2D eigenvalue weighted by Crippen LogP contribution is 2.11. The van der Waals surface area contributed by atoms with Gasteiger partial charge in [0.1, 0.15) is 31.1 Å². The summed E-state index contributed by atoms with van der Waals surface area (Å²) in [5, 5.41) is 5.28. The Morgan fingerprint density at radius 3 is 1.81 bits per heavy atom. The highest BCUT2D eigenvalue weighted by Gasteiger charge is 2.30. The number of alkyl carbamates (subject to hydrolysis) is 1. The molecule has 194 valence electrons. The molecule has 0 aliphatic rings. The lowest BCUT2D eigenvalue weighted by molar-refractivity contribution is -0.150. The molecule has 0 heterocycles. The molecule has 0 saturated heterocycles. The van der Waals surface area contributed by atoms with Crippen molar-refractivity contribution in [1.29, 1.82) is 0 Å². The van der Waals surface area contributed by atoms with Crippen LogP contribution in [0.15, 0.2) is 84.9 Å². The van der Waals surface area contributed by atoms with E-state index in [1.165, 1.54) is 24.3 Å². The Balaban J connectivity index is 1.67. The third-order valence-electron chi connectivity index (χ3n) is 5.62. The summed E-state index contributed by atoms with van der Waals surface area (Å²) in [6, 6.07) is 21.9. The number of halogens is 1. The van der Waals surface area contributed by atoms with Crippen LogP contribution >= 0.6 is 0 Å². The van der Waals surface area contributed by atoms with Crippen molar-refractivity contribution < 1.29 is 28.2 Å². The van der Waals surface area contributed by atoms with E-state index in [-0.39, 0.29) is 25.6 Å². The van der Waals surface area contributed by atoms with Crippen LogP contribution in [0.5, 0.6) is 0 Å². The Morgan fingerprint density at radius 2 is 1.27 bits per heavy atom. The minimum Gasteiger partial charge on any atom is -0.459 e. The van der Waals surface area contributed by atoms with Crippen LogP contribution in [0.2, 0.25) is 0 Å². The van der Waals surface area contributed by atoms with Gasteiger partial charge in [-0.1, -0.05) is 86.6 Å². The maximum Gasteiger partial charge on any atom is 0.408 e. The standard InChI is InChI=1S/C29H31FN2O5/c1-20(2)26(28(34)36-18-22-9-5-3-6-10-22)32-27(33)25(17-21-13-15-24(30)16-14-21)31-29(35)37-19-23-11-7-4-8-12-23/h3-16,20,25-26H,17-19H2,1-2H3,(H,31,35)(H,32,33). The van der Waals surface area contributed by atoms with Gasteiger partial charge in [-0.2, -0.15) is 0 Å². The normalized spacial score (nSPS) is 12.3. The molecule has 0 aliphatic carbocycles. The van der Waals surface area contributed by atoms with Crippen molar-refractivity contribution in [1.82, 2.24) is 10.6 Å². The van der Waals surface area contributed by atoms with Gasteiger partial charge in [-0.05, 0) is 34.7 Å². The van der Waals surface area contributed by atoms with E-state index < -0.39 is 35.9 Å². The maximum atomic E-state index is 13.4. The van der Waals surface area contributed by atoms with Crippen LogP contribution in [-0.4, -0.2) is 30.1 Å². The Kier molecular flexibility index (Phi) is 10.2. The second kappa shape index (κ2) is 13.8. The Hall–Kier alpha value is -4.20. The number of ether oxygens (including phenoxy) is 2. The third-order valence-corrected chi connectivity index (χ3v) is 5.62. The molecule has 2 N–H and O–H groups in total. The fourth-order valence-corrected chi connectivity index (χ4v) is 3.54. The number of carbonyl (C=O) groups is 3. The lowest BCUT2D eigenvalue weighted by Crippen LogP contribution is -2.54. The Labute approximate surface area is 216 Å². The van der Waals surface area contributed by atoms with Crippen molar-refractivity contribution >= 4 is 18.0 Å². The molecular weight excluding hydrogens is 475 g/mol. The van der Waals surface area contributed by atoms with Crippen LogP contribution in [-0.2, 0) is 38.7 Å². The highest BCUT2D eigenvalue weighted by molar-refractivity contribution is 5.90. The van der Waals surface area contributed by atoms with Crippen molar-refractivity contribution in [3.8, 4) is 0 Å². The van der Waals surface area contributed by atoms with Gasteiger partial charge in [-0.3, -0.25) is 4.79 Å². The third kappa shape index (κ3) is 9.07. The predicted molar refractivity (Wildman–Crippen MR) is 137 cm³/mol. The zero-order valence-corrected chi connectivity index (χ0v) is 20.9. The Morgan fingerprint density at radius 1 is 0.730 bits per heavy atom. The summed E-state index contributed by atoms with van der Waals surface area (Å²) in [6.45, 7) is 3.66. The van der Waals surface area contributed by atoms with Gasteiger partial charge in [0.15, 0.2) is 0 Å². The van der Waals surface area contributed by atoms with Crippen molar-refractivity contribution in [2.45, 2.75) is 45.6 Å². The van der Waals surface area contributed by atoms with Gasteiger partial charge in [-0.25, -0.2) is 14.0 Å². The number of rotatable bonds is 11. The van der Waals surface area contributed by atoms with Crippen LogP contribution in [0.25, 0.3) is 0 Å². The van der Waals surface area contributed by atoms with Gasteiger partial charge in [0.25, 0.3) is 0 Å². The molecule has 37 heavy (non-hydrogen) atoms. The number of carbonyl (C=O) groups excluding carboxylic acids is 3. The summed E-state index contributed by atoms with van der Waals surface area (Å²) >= 11 is 0. The SMILES string of the molecule is CC(C)C(NC(=O)C(Cc1ccc(F)cc1)NC(=O)OCc1ccccc1)C(=O)OCc1ccccc1. The lowest BCUT2D eigenvalue weighted by Gasteiger charge is -2.24. The molecule has 2 atom stereocenters. The number of hydrogen-bond donors (Lipinski definition) is 2. The number of esters is 1. The Bertz CT molecular complexity index is 1150. The fourth-order valence-electron chi connectivity index (χ4n) is 3.54. The first-order valence-electron chi connectivity index (χ1n) is 12.0. The molecule has 0 radical (unpaired) electrons. The van der Waals surface area contributed by atoms with Gasteiger partial charge in [0.05, 0.1) is 0 Å². The van der Waals surface area contributed by atoms with E-state index in [0.717, 1.165) is 11.1 Å². The van der Waals surface area contributed by atoms with Gasteiger partial charge in [0.2, 0.25) is 5.91 Å². The smallest absolute Gasteiger partial charge is 0.408 e. The van der Waals surface area contributed by atoms with Crippen molar-refractivity contribution in [2.75, 3.05) is 0 Å². The molecule has 0 saturated carbocycles. The van der Waals surface area contributed by atoms with Crippen molar-refractivity contribution in [2.24, 2.45) is 5.92 Å². The lowest BCUT2D eigenvalue weighted by atomic mass is 10.0. The van der Waals surface area contributed by atoms with Gasteiger partial charge < -0.3 is 20.1 Å². The maximum absolute atomic E-state index is 13.4. The van der Waals surface area contributed by atoms with Crippen LogP contribution in [0.3, 0.4) is 0 Å². The molecule has 2 amide bonds. The topological polar surface area (TPSA) is 93.7 Å². The number of benzene rings is 3. The monoisotopic (exact) mass is 506 g/mol. The molecule has 3 aromatic carbocycles. The minimum atomic E-state index is -1.07. The van der Waals surface area contributed by atoms with Gasteiger partial charge in [-0.15, -0.1) is 0 Å². The zero-order valence-electron chi connectivity index (χ0n) is 20.9. The molecular formula is C29H31FN2O5. The number of hydrogen-bond acceptors (Lipinski definition) is 5. The quantitative estimate of drug-likeness (QED) is 0.372. The largest absolute Gasteiger partial charge is 0.459 e. The molecule has 0 aromatic heterocycles. The van der Waals surface area contributed by atoms with Crippen LogP contribution in [0, 0.1) is 11.7 Å². The van der Waals surface area contributed by atoms with E-state index in [4.69, 9.17) is 9.47 Å². The van der Waals surface area contributed by atoms with E-state index >= 15 is 0 Å². The molecule has 8 heteroatoms.